The molecule has 0 saturated carbocycles. The van der Waals surface area contributed by atoms with Crippen molar-refractivity contribution in [2.75, 3.05) is 27.2 Å². The van der Waals surface area contributed by atoms with Gasteiger partial charge in [0, 0.05) is 11.6 Å². The topological polar surface area (TPSA) is 15.3 Å². The summed E-state index contributed by atoms with van der Waals surface area (Å²) in [6, 6.07) is 6.23. The summed E-state index contributed by atoms with van der Waals surface area (Å²) in [5.74, 6) is 0. The zero-order valence-electron chi connectivity index (χ0n) is 10.4. The van der Waals surface area contributed by atoms with Gasteiger partial charge in [0.2, 0.25) is 0 Å². The molecule has 0 aliphatic heterocycles. The van der Waals surface area contributed by atoms with Crippen LogP contribution < -0.4 is 5.32 Å². The molecule has 1 N–H and O–H groups in total. The van der Waals surface area contributed by atoms with Crippen molar-refractivity contribution in [2.24, 2.45) is 0 Å². The Balaban J connectivity index is 2.24. The minimum absolute atomic E-state index is 0.854. The van der Waals surface area contributed by atoms with E-state index in [1.165, 1.54) is 12.0 Å². The number of rotatable bonds is 6. The molecular weight excluding hydrogens is 220 g/mol. The number of halogens is 1. The second kappa shape index (κ2) is 6.89. The Hall–Kier alpha value is -0.570. The molecule has 90 valence electrons. The van der Waals surface area contributed by atoms with Crippen LogP contribution >= 0.6 is 11.6 Å². The van der Waals surface area contributed by atoms with Gasteiger partial charge in [-0.05, 0) is 57.7 Å². The van der Waals surface area contributed by atoms with Gasteiger partial charge in [0.1, 0.15) is 0 Å². The van der Waals surface area contributed by atoms with Crippen LogP contribution in [0.5, 0.6) is 0 Å². The second-order valence-corrected chi connectivity index (χ2v) is 4.82. The lowest BCUT2D eigenvalue weighted by Crippen LogP contribution is -2.20. The van der Waals surface area contributed by atoms with Crippen molar-refractivity contribution >= 4 is 11.6 Å². The van der Waals surface area contributed by atoms with Gasteiger partial charge in [-0.3, -0.25) is 0 Å². The van der Waals surface area contributed by atoms with E-state index < -0.39 is 0 Å². The summed E-state index contributed by atoms with van der Waals surface area (Å²) >= 11 is 6.06. The van der Waals surface area contributed by atoms with Crippen LogP contribution in [0.1, 0.15) is 17.5 Å². The molecule has 0 heterocycles. The molecule has 0 amide bonds. The number of benzene rings is 1. The summed E-state index contributed by atoms with van der Waals surface area (Å²) in [5.41, 5.74) is 2.39. The molecule has 0 spiro atoms. The van der Waals surface area contributed by atoms with Gasteiger partial charge in [0.25, 0.3) is 0 Å². The van der Waals surface area contributed by atoms with Gasteiger partial charge in [-0.15, -0.1) is 0 Å². The summed E-state index contributed by atoms with van der Waals surface area (Å²) in [5, 5.41) is 4.27. The smallest absolute Gasteiger partial charge is 0.0438 e. The molecule has 0 bridgehead atoms. The fraction of sp³-hybridized carbons (Fsp3) is 0.538. The first-order valence-corrected chi connectivity index (χ1v) is 6.08. The summed E-state index contributed by atoms with van der Waals surface area (Å²) in [6.07, 6.45) is 1.17. The van der Waals surface area contributed by atoms with Gasteiger partial charge in [-0.1, -0.05) is 23.7 Å². The Bertz CT molecular complexity index is 324. The largest absolute Gasteiger partial charge is 0.313 e. The maximum absolute atomic E-state index is 6.06. The highest BCUT2D eigenvalue weighted by Gasteiger charge is 1.97. The van der Waals surface area contributed by atoms with Crippen molar-refractivity contribution in [3.8, 4) is 0 Å². The van der Waals surface area contributed by atoms with Crippen molar-refractivity contribution in [1.29, 1.82) is 0 Å². The van der Waals surface area contributed by atoms with E-state index in [0.29, 0.717) is 0 Å². The third kappa shape index (κ3) is 4.97. The van der Waals surface area contributed by atoms with Gasteiger partial charge in [0.05, 0.1) is 0 Å². The zero-order chi connectivity index (χ0) is 12.0. The Kier molecular flexibility index (Phi) is 5.81. The predicted octanol–water partition coefficient (Wildman–Crippen LogP) is 2.69. The average Bonchev–Trinajstić information content (AvgIpc) is 2.22. The normalized spacial score (nSPS) is 11.1. The number of hydrogen-bond donors (Lipinski definition) is 1. The van der Waals surface area contributed by atoms with Crippen molar-refractivity contribution < 1.29 is 0 Å². The molecule has 0 unspecified atom stereocenters. The summed E-state index contributed by atoms with van der Waals surface area (Å²) in [7, 11) is 4.19. The van der Waals surface area contributed by atoms with Crippen LogP contribution in [0.25, 0.3) is 0 Å². The Morgan fingerprint density at radius 3 is 2.69 bits per heavy atom. The van der Waals surface area contributed by atoms with E-state index >= 15 is 0 Å². The highest BCUT2D eigenvalue weighted by molar-refractivity contribution is 6.31. The van der Waals surface area contributed by atoms with Crippen LogP contribution in [0.2, 0.25) is 5.02 Å². The molecule has 0 radical (unpaired) electrons. The highest BCUT2D eigenvalue weighted by Crippen LogP contribution is 2.16. The molecule has 0 fully saturated rings. The minimum Gasteiger partial charge on any atom is -0.313 e. The average molecular weight is 241 g/mol. The molecular formula is C13H21ClN2. The van der Waals surface area contributed by atoms with Crippen LogP contribution in [0.4, 0.5) is 0 Å². The molecule has 3 heteroatoms. The van der Waals surface area contributed by atoms with Gasteiger partial charge in [0.15, 0.2) is 0 Å². The lowest BCUT2D eigenvalue weighted by molar-refractivity contribution is 0.394. The first-order valence-electron chi connectivity index (χ1n) is 5.70. The molecule has 16 heavy (non-hydrogen) atoms. The minimum atomic E-state index is 0.854. The molecule has 0 aliphatic rings. The molecule has 0 atom stereocenters. The Morgan fingerprint density at radius 1 is 1.31 bits per heavy atom. The third-order valence-corrected chi connectivity index (χ3v) is 2.93. The summed E-state index contributed by atoms with van der Waals surface area (Å²) in [4.78, 5) is 2.20. The summed E-state index contributed by atoms with van der Waals surface area (Å²) in [6.45, 7) is 5.09. The van der Waals surface area contributed by atoms with E-state index in [1.54, 1.807) is 0 Å². The van der Waals surface area contributed by atoms with Crippen LogP contribution in [-0.4, -0.2) is 32.1 Å². The molecule has 1 aromatic rings. The monoisotopic (exact) mass is 240 g/mol. The standard InChI is InChI=1S/C13H21ClN2/c1-11-5-6-12(9-13(11)14)10-15-7-4-8-16(2)3/h5-6,9,15H,4,7-8,10H2,1-3H3. The van der Waals surface area contributed by atoms with Gasteiger partial charge in [-0.2, -0.15) is 0 Å². The Labute approximate surface area is 104 Å². The van der Waals surface area contributed by atoms with Crippen LogP contribution in [0.15, 0.2) is 18.2 Å². The quantitative estimate of drug-likeness (QED) is 0.770. The number of nitrogens with zero attached hydrogens (tertiary/aromatic N) is 1. The van der Waals surface area contributed by atoms with Crippen molar-refractivity contribution in [1.82, 2.24) is 10.2 Å². The number of nitrogens with one attached hydrogen (secondary N) is 1. The van der Waals surface area contributed by atoms with Gasteiger partial charge >= 0.3 is 0 Å². The molecule has 2 nitrogen and oxygen atoms in total. The fourth-order valence-corrected chi connectivity index (χ4v) is 1.70. The highest BCUT2D eigenvalue weighted by atomic mass is 35.5. The maximum atomic E-state index is 6.06. The van der Waals surface area contributed by atoms with Crippen LogP contribution in [0.3, 0.4) is 0 Å². The third-order valence-electron chi connectivity index (χ3n) is 2.52. The number of aryl methyl sites for hydroxylation is 1. The fourth-order valence-electron chi connectivity index (χ4n) is 1.50. The maximum Gasteiger partial charge on any atom is 0.0438 e. The lowest BCUT2D eigenvalue weighted by Gasteiger charge is -2.10. The van der Waals surface area contributed by atoms with Crippen LogP contribution in [-0.2, 0) is 6.54 Å². The van der Waals surface area contributed by atoms with Crippen molar-refractivity contribution in [3.63, 3.8) is 0 Å². The van der Waals surface area contributed by atoms with E-state index in [0.717, 1.165) is 30.2 Å². The lowest BCUT2D eigenvalue weighted by atomic mass is 10.1. The molecule has 0 saturated heterocycles. The molecule has 1 aromatic carbocycles. The first kappa shape index (κ1) is 13.5. The van der Waals surface area contributed by atoms with E-state index in [1.807, 2.05) is 13.0 Å². The van der Waals surface area contributed by atoms with E-state index in [-0.39, 0.29) is 0 Å². The van der Waals surface area contributed by atoms with E-state index in [4.69, 9.17) is 11.6 Å². The molecule has 1 rings (SSSR count). The van der Waals surface area contributed by atoms with E-state index in [2.05, 4.69) is 36.4 Å². The SMILES string of the molecule is Cc1ccc(CNCCCN(C)C)cc1Cl. The Morgan fingerprint density at radius 2 is 2.06 bits per heavy atom. The van der Waals surface area contributed by atoms with E-state index in [9.17, 15) is 0 Å². The van der Waals surface area contributed by atoms with Crippen LogP contribution in [0, 0.1) is 6.92 Å². The zero-order valence-corrected chi connectivity index (χ0v) is 11.1. The van der Waals surface area contributed by atoms with Crippen molar-refractivity contribution in [2.45, 2.75) is 19.9 Å². The first-order chi connectivity index (χ1) is 7.59. The second-order valence-electron chi connectivity index (χ2n) is 4.42. The van der Waals surface area contributed by atoms with Crippen molar-refractivity contribution in [3.05, 3.63) is 34.3 Å². The van der Waals surface area contributed by atoms with Gasteiger partial charge < -0.3 is 10.2 Å². The predicted molar refractivity (Wildman–Crippen MR) is 71.1 cm³/mol. The molecule has 0 aromatic heterocycles. The van der Waals surface area contributed by atoms with Gasteiger partial charge in [-0.25, -0.2) is 0 Å². The summed E-state index contributed by atoms with van der Waals surface area (Å²) < 4.78 is 0. The number of hydrogen-bond acceptors (Lipinski definition) is 2. The molecule has 0 aliphatic carbocycles.